The predicted molar refractivity (Wildman–Crippen MR) is 72.7 cm³/mol. The molecule has 0 aliphatic carbocycles. The average Bonchev–Trinajstić information content (AvgIpc) is 2.25. The Morgan fingerprint density at radius 1 is 1.17 bits per heavy atom. The summed E-state index contributed by atoms with van der Waals surface area (Å²) in [5.41, 5.74) is 10.3. The Kier molecular flexibility index (Phi) is 15.7. The molecular weight excluding hydrogens is 260 g/mol. The molecule has 110 valence electrons. The summed E-state index contributed by atoms with van der Waals surface area (Å²) in [6.45, 7) is 3.55. The van der Waals surface area contributed by atoms with Crippen LogP contribution in [-0.2, 0) is 9.59 Å². The number of thioether (sulfide) groups is 1. The van der Waals surface area contributed by atoms with Gasteiger partial charge in [-0.25, -0.2) is 0 Å². The lowest BCUT2D eigenvalue weighted by Crippen LogP contribution is -2.34. The number of carbonyl (C=O) groups is 2. The third kappa shape index (κ3) is 13.2. The highest BCUT2D eigenvalue weighted by Gasteiger charge is 2.14. The fourth-order valence-electron chi connectivity index (χ4n) is 0.653. The van der Waals surface area contributed by atoms with Gasteiger partial charge in [0.2, 0.25) is 0 Å². The minimum absolute atomic E-state index is 0. The quantitative estimate of drug-likeness (QED) is 0.506. The summed E-state index contributed by atoms with van der Waals surface area (Å²) in [5, 5.41) is 16.5. The molecule has 0 saturated heterocycles. The molecule has 8 N–H and O–H groups in total. The zero-order chi connectivity index (χ0) is 14.0. The monoisotopic (exact) mass is 284 g/mol. The van der Waals surface area contributed by atoms with Gasteiger partial charge in [0.1, 0.15) is 12.1 Å². The average molecular weight is 284 g/mol. The van der Waals surface area contributed by atoms with Crippen molar-refractivity contribution in [1.82, 2.24) is 0 Å². The van der Waals surface area contributed by atoms with Gasteiger partial charge in [-0.1, -0.05) is 13.8 Å². The highest BCUT2D eigenvalue weighted by Crippen LogP contribution is 1.97. The van der Waals surface area contributed by atoms with Crippen LogP contribution in [-0.4, -0.2) is 51.7 Å². The van der Waals surface area contributed by atoms with Crippen molar-refractivity contribution in [3.8, 4) is 0 Å². The maximum Gasteiger partial charge on any atom is 0.320 e. The van der Waals surface area contributed by atoms with Crippen LogP contribution in [0.4, 0.5) is 0 Å². The highest BCUT2D eigenvalue weighted by molar-refractivity contribution is 7.98. The van der Waals surface area contributed by atoms with Gasteiger partial charge >= 0.3 is 11.9 Å². The summed E-state index contributed by atoms with van der Waals surface area (Å²) in [6.07, 6.45) is 2.48. The maximum absolute atomic E-state index is 10.1. The van der Waals surface area contributed by atoms with Gasteiger partial charge in [0.15, 0.2) is 0 Å². The van der Waals surface area contributed by atoms with Crippen molar-refractivity contribution in [1.29, 1.82) is 0 Å². The Hall–Kier alpha value is -0.830. The minimum atomic E-state index is -0.931. The lowest BCUT2D eigenvalue weighted by Gasteiger charge is -2.07. The van der Waals surface area contributed by atoms with Crippen LogP contribution < -0.4 is 11.5 Å². The normalized spacial score (nSPS) is 12.8. The molecule has 0 rings (SSSR count). The van der Waals surface area contributed by atoms with E-state index >= 15 is 0 Å². The van der Waals surface area contributed by atoms with Gasteiger partial charge in [0.05, 0.1) is 0 Å². The van der Waals surface area contributed by atoms with Crippen molar-refractivity contribution < 1.29 is 25.3 Å². The molecule has 0 fully saturated rings. The molecule has 0 unspecified atom stereocenters. The Labute approximate surface area is 111 Å². The van der Waals surface area contributed by atoms with Crippen molar-refractivity contribution >= 4 is 23.7 Å². The van der Waals surface area contributed by atoms with Crippen molar-refractivity contribution in [2.75, 3.05) is 12.0 Å². The number of rotatable bonds is 6. The van der Waals surface area contributed by atoms with E-state index < -0.39 is 24.0 Å². The molecular formula is C10H24N2O5S. The molecule has 0 aromatic heterocycles. The van der Waals surface area contributed by atoms with Crippen LogP contribution in [0.5, 0.6) is 0 Å². The molecule has 0 spiro atoms. The molecule has 0 aliphatic rings. The first-order valence-electron chi connectivity index (χ1n) is 5.19. The van der Waals surface area contributed by atoms with Crippen molar-refractivity contribution in [3.63, 3.8) is 0 Å². The lowest BCUT2D eigenvalue weighted by molar-refractivity contribution is -0.140. The van der Waals surface area contributed by atoms with Gasteiger partial charge < -0.3 is 27.2 Å². The second-order valence-electron chi connectivity index (χ2n) is 3.83. The van der Waals surface area contributed by atoms with Gasteiger partial charge in [-0.05, 0) is 24.3 Å². The van der Waals surface area contributed by atoms with Crippen LogP contribution in [0.1, 0.15) is 20.3 Å². The van der Waals surface area contributed by atoms with Crippen LogP contribution >= 0.6 is 11.8 Å². The van der Waals surface area contributed by atoms with E-state index in [9.17, 15) is 9.59 Å². The summed E-state index contributed by atoms with van der Waals surface area (Å²) in [5.74, 6) is -1.01. The van der Waals surface area contributed by atoms with Crippen LogP contribution in [0.2, 0.25) is 0 Å². The van der Waals surface area contributed by atoms with Crippen LogP contribution in [0.15, 0.2) is 0 Å². The van der Waals surface area contributed by atoms with E-state index in [0.717, 1.165) is 5.75 Å². The van der Waals surface area contributed by atoms with Gasteiger partial charge in [0, 0.05) is 0 Å². The summed E-state index contributed by atoms with van der Waals surface area (Å²) < 4.78 is 0. The third-order valence-electron chi connectivity index (χ3n) is 1.95. The van der Waals surface area contributed by atoms with Crippen molar-refractivity contribution in [2.45, 2.75) is 32.4 Å². The highest BCUT2D eigenvalue weighted by atomic mass is 32.2. The third-order valence-corrected chi connectivity index (χ3v) is 2.60. The first kappa shape index (κ1) is 22.4. The molecule has 0 aromatic rings. The standard InChI is InChI=1S/C5H11NO2S.C5H11NO2.H2O/c1-9-3-2-4(6)5(7)8;1-3(2)4(6)5(7)8;/h4H,2-3,6H2,1H3,(H,7,8);3-4H,6H2,1-2H3,(H,7,8);1H2/t2*4-;/m00./s1. The van der Waals surface area contributed by atoms with Gasteiger partial charge in [-0.2, -0.15) is 11.8 Å². The molecule has 0 saturated carbocycles. The van der Waals surface area contributed by atoms with Crippen LogP contribution in [0.25, 0.3) is 0 Å². The second kappa shape index (κ2) is 12.6. The Bertz CT molecular complexity index is 238. The number of hydrogen-bond donors (Lipinski definition) is 4. The van der Waals surface area contributed by atoms with E-state index in [0.29, 0.717) is 6.42 Å². The number of carboxylic acids is 2. The summed E-state index contributed by atoms with van der Waals surface area (Å²) in [6, 6.07) is -1.40. The summed E-state index contributed by atoms with van der Waals surface area (Å²) >= 11 is 1.60. The first-order chi connectivity index (χ1) is 7.73. The van der Waals surface area contributed by atoms with Crippen molar-refractivity contribution in [2.24, 2.45) is 17.4 Å². The van der Waals surface area contributed by atoms with E-state index in [1.807, 2.05) is 6.26 Å². The van der Waals surface area contributed by atoms with Gasteiger partial charge in [0.25, 0.3) is 0 Å². The predicted octanol–water partition coefficient (Wildman–Crippen LogP) is -0.619. The van der Waals surface area contributed by atoms with Crippen LogP contribution in [0.3, 0.4) is 0 Å². The van der Waals surface area contributed by atoms with E-state index in [-0.39, 0.29) is 11.4 Å². The minimum Gasteiger partial charge on any atom is -0.480 e. The summed E-state index contributed by atoms with van der Waals surface area (Å²) in [4.78, 5) is 20.1. The number of hydrogen-bond acceptors (Lipinski definition) is 5. The Balaban J connectivity index is -0.000000238. The largest absolute Gasteiger partial charge is 0.480 e. The molecule has 0 heterocycles. The summed E-state index contributed by atoms with van der Waals surface area (Å²) in [7, 11) is 0. The SMILES string of the molecule is CC(C)[C@H](N)C(=O)O.CSCC[C@H](N)C(=O)O.O. The smallest absolute Gasteiger partial charge is 0.320 e. The molecule has 7 nitrogen and oxygen atoms in total. The molecule has 0 aromatic carbocycles. The molecule has 0 amide bonds. The van der Waals surface area contributed by atoms with Gasteiger partial charge in [-0.15, -0.1) is 0 Å². The molecule has 0 aliphatic heterocycles. The molecule has 2 atom stereocenters. The number of aliphatic carboxylic acids is 2. The second-order valence-corrected chi connectivity index (χ2v) is 4.82. The zero-order valence-corrected chi connectivity index (χ0v) is 11.7. The Morgan fingerprint density at radius 3 is 1.78 bits per heavy atom. The molecule has 18 heavy (non-hydrogen) atoms. The van der Waals surface area contributed by atoms with E-state index in [1.165, 1.54) is 0 Å². The van der Waals surface area contributed by atoms with E-state index in [1.54, 1.807) is 25.6 Å². The van der Waals surface area contributed by atoms with Crippen molar-refractivity contribution in [3.05, 3.63) is 0 Å². The fraction of sp³-hybridized carbons (Fsp3) is 0.800. The number of carboxylic acid groups (broad SMARTS) is 2. The topological polar surface area (TPSA) is 158 Å². The van der Waals surface area contributed by atoms with Gasteiger partial charge in [-0.3, -0.25) is 9.59 Å². The maximum atomic E-state index is 10.1. The number of nitrogens with two attached hydrogens (primary N) is 2. The molecule has 8 heteroatoms. The first-order valence-corrected chi connectivity index (χ1v) is 6.59. The fourth-order valence-corrected chi connectivity index (χ4v) is 1.14. The molecule has 0 bridgehead atoms. The Morgan fingerprint density at radius 2 is 1.61 bits per heavy atom. The zero-order valence-electron chi connectivity index (χ0n) is 10.9. The van der Waals surface area contributed by atoms with Crippen LogP contribution in [0, 0.1) is 5.92 Å². The van der Waals surface area contributed by atoms with E-state index in [2.05, 4.69) is 0 Å². The lowest BCUT2D eigenvalue weighted by atomic mass is 10.1. The van der Waals surface area contributed by atoms with E-state index in [4.69, 9.17) is 21.7 Å². The molecule has 0 radical (unpaired) electrons.